The first-order valence-corrected chi connectivity index (χ1v) is 10.0. The van der Waals surface area contributed by atoms with Crippen LogP contribution in [0.3, 0.4) is 0 Å². The Morgan fingerprint density at radius 2 is 2.06 bits per heavy atom. The Labute approximate surface area is 176 Å². The van der Waals surface area contributed by atoms with Crippen molar-refractivity contribution in [1.82, 2.24) is 24.6 Å². The van der Waals surface area contributed by atoms with Crippen LogP contribution in [0.2, 0.25) is 0 Å². The van der Waals surface area contributed by atoms with Crippen molar-refractivity contribution in [2.45, 2.75) is 31.5 Å². The Hall–Kier alpha value is -3.27. The van der Waals surface area contributed by atoms with E-state index in [9.17, 15) is 23.5 Å². The molecular formula is C21H21F2N5O3. The van der Waals surface area contributed by atoms with Crippen molar-refractivity contribution in [3.05, 3.63) is 53.0 Å². The lowest BCUT2D eigenvalue weighted by atomic mass is 10.1. The third kappa shape index (κ3) is 3.01. The molecule has 1 fully saturated rings. The predicted molar refractivity (Wildman–Crippen MR) is 106 cm³/mol. The summed E-state index contributed by atoms with van der Waals surface area (Å²) in [5.41, 5.74) is 0.970. The van der Waals surface area contributed by atoms with Crippen LogP contribution in [0.5, 0.6) is 0 Å². The first kappa shape index (κ1) is 19.7. The number of nitrogens with zero attached hydrogens (tertiary/aromatic N) is 4. The molecule has 0 bridgehead atoms. The van der Waals surface area contributed by atoms with E-state index >= 15 is 0 Å². The van der Waals surface area contributed by atoms with Crippen LogP contribution in [0.1, 0.15) is 39.4 Å². The summed E-state index contributed by atoms with van der Waals surface area (Å²) >= 11 is 0. The summed E-state index contributed by atoms with van der Waals surface area (Å²) in [5, 5.41) is 13.9. The lowest BCUT2D eigenvalue weighted by molar-refractivity contribution is 0.0608. The highest BCUT2D eigenvalue weighted by Crippen LogP contribution is 2.41. The number of carbonyl (C=O) groups is 2. The molecule has 1 aliphatic heterocycles. The Morgan fingerprint density at radius 1 is 1.29 bits per heavy atom. The number of aromatic amines is 1. The molecule has 2 aliphatic rings. The van der Waals surface area contributed by atoms with Gasteiger partial charge in [-0.3, -0.25) is 14.3 Å². The zero-order valence-electron chi connectivity index (χ0n) is 16.9. The fourth-order valence-electron chi connectivity index (χ4n) is 4.16. The van der Waals surface area contributed by atoms with E-state index in [2.05, 4.69) is 10.1 Å². The third-order valence-corrected chi connectivity index (χ3v) is 6.45. The van der Waals surface area contributed by atoms with Gasteiger partial charge in [0.2, 0.25) is 0 Å². The van der Waals surface area contributed by atoms with E-state index in [0.29, 0.717) is 29.9 Å². The molecule has 2 amide bonds. The quantitative estimate of drug-likeness (QED) is 0.662. The van der Waals surface area contributed by atoms with Crippen molar-refractivity contribution in [1.29, 1.82) is 0 Å². The number of halogens is 2. The number of hydrogen-bond acceptors (Lipinski definition) is 4. The second kappa shape index (κ2) is 6.88. The number of benzene rings is 1. The molecule has 8 nitrogen and oxygen atoms in total. The van der Waals surface area contributed by atoms with Crippen LogP contribution in [-0.2, 0) is 13.1 Å². The van der Waals surface area contributed by atoms with Crippen molar-refractivity contribution in [2.75, 3.05) is 20.2 Å². The van der Waals surface area contributed by atoms with E-state index in [4.69, 9.17) is 0 Å². The molecule has 0 unspecified atom stereocenters. The number of likely N-dealkylation sites (N-methyl/N-ethyl adjacent to an activating group) is 1. The average molecular weight is 429 g/mol. The molecule has 1 saturated carbocycles. The first-order chi connectivity index (χ1) is 14.8. The number of nitrogens with one attached hydrogen (secondary N) is 1. The SMILES string of the molecule is CN(C(=O)c1cnn2c1CN(C(=O)c1cc3c(F)c(F)ccc3[nH]1)CC2)C1(CO)CC1. The third-order valence-electron chi connectivity index (χ3n) is 6.45. The smallest absolute Gasteiger partial charge is 0.270 e. The minimum absolute atomic E-state index is 0.0154. The summed E-state index contributed by atoms with van der Waals surface area (Å²) in [4.78, 5) is 32.0. The van der Waals surface area contributed by atoms with Crippen LogP contribution >= 0.6 is 0 Å². The fraction of sp³-hybridized carbons (Fsp3) is 0.381. The number of hydrogen-bond donors (Lipinski definition) is 2. The summed E-state index contributed by atoms with van der Waals surface area (Å²) < 4.78 is 29.2. The molecule has 1 aromatic carbocycles. The molecule has 1 aliphatic carbocycles. The first-order valence-electron chi connectivity index (χ1n) is 10.0. The van der Waals surface area contributed by atoms with Gasteiger partial charge in [-0.15, -0.1) is 0 Å². The Bertz CT molecular complexity index is 1210. The number of H-pyrrole nitrogens is 1. The maximum Gasteiger partial charge on any atom is 0.270 e. The zero-order chi connectivity index (χ0) is 21.9. The van der Waals surface area contributed by atoms with Crippen LogP contribution in [-0.4, -0.2) is 67.2 Å². The van der Waals surface area contributed by atoms with Crippen molar-refractivity contribution in [3.8, 4) is 0 Å². The van der Waals surface area contributed by atoms with Gasteiger partial charge >= 0.3 is 0 Å². The monoisotopic (exact) mass is 429 g/mol. The molecule has 0 atom stereocenters. The minimum atomic E-state index is -1.00. The van der Waals surface area contributed by atoms with Gasteiger partial charge in [0.25, 0.3) is 11.8 Å². The summed E-state index contributed by atoms with van der Waals surface area (Å²) in [5.74, 6) is -2.59. The van der Waals surface area contributed by atoms with Crippen LogP contribution in [0.25, 0.3) is 10.9 Å². The van der Waals surface area contributed by atoms with Crippen molar-refractivity contribution in [3.63, 3.8) is 0 Å². The van der Waals surface area contributed by atoms with Gasteiger partial charge < -0.3 is 19.9 Å². The number of fused-ring (bicyclic) bond motifs is 2. The van der Waals surface area contributed by atoms with Gasteiger partial charge in [0.1, 0.15) is 5.69 Å². The highest BCUT2D eigenvalue weighted by Gasteiger charge is 2.48. The lowest BCUT2D eigenvalue weighted by Gasteiger charge is -2.30. The van der Waals surface area contributed by atoms with E-state index in [1.54, 1.807) is 21.5 Å². The molecule has 0 saturated heterocycles. The number of amides is 2. The molecule has 0 spiro atoms. The maximum absolute atomic E-state index is 14.0. The lowest BCUT2D eigenvalue weighted by Crippen LogP contribution is -2.43. The van der Waals surface area contributed by atoms with Gasteiger partial charge in [0.05, 0.1) is 42.7 Å². The second-order valence-corrected chi connectivity index (χ2v) is 8.21. The molecule has 162 valence electrons. The number of aliphatic hydroxyl groups excluding tert-OH is 1. The molecule has 5 rings (SSSR count). The van der Waals surface area contributed by atoms with Gasteiger partial charge in [-0.05, 0) is 31.0 Å². The normalized spacial score (nSPS) is 17.0. The topological polar surface area (TPSA) is 94.5 Å². The number of carbonyl (C=O) groups excluding carboxylic acids is 2. The van der Waals surface area contributed by atoms with Gasteiger partial charge in [-0.1, -0.05) is 0 Å². The number of rotatable bonds is 4. The Kier molecular flexibility index (Phi) is 4.37. The Morgan fingerprint density at radius 3 is 2.77 bits per heavy atom. The second-order valence-electron chi connectivity index (χ2n) is 8.21. The maximum atomic E-state index is 14.0. The van der Waals surface area contributed by atoms with Gasteiger partial charge in [-0.2, -0.15) is 5.10 Å². The van der Waals surface area contributed by atoms with Crippen molar-refractivity contribution >= 4 is 22.7 Å². The van der Waals surface area contributed by atoms with E-state index in [0.717, 1.165) is 18.9 Å². The van der Waals surface area contributed by atoms with E-state index in [1.165, 1.54) is 18.3 Å². The van der Waals surface area contributed by atoms with E-state index in [-0.39, 0.29) is 36.0 Å². The number of aliphatic hydroxyl groups is 1. The number of aromatic nitrogens is 3. The van der Waals surface area contributed by atoms with Crippen molar-refractivity contribution < 1.29 is 23.5 Å². The molecular weight excluding hydrogens is 408 g/mol. The van der Waals surface area contributed by atoms with Crippen LogP contribution < -0.4 is 0 Å². The van der Waals surface area contributed by atoms with Crippen LogP contribution in [0, 0.1) is 11.6 Å². The average Bonchev–Trinajstić information content (AvgIpc) is 3.27. The molecule has 10 heteroatoms. The Balaban J connectivity index is 1.41. The predicted octanol–water partition coefficient (Wildman–Crippen LogP) is 1.90. The highest BCUT2D eigenvalue weighted by atomic mass is 19.2. The minimum Gasteiger partial charge on any atom is -0.394 e. The van der Waals surface area contributed by atoms with Crippen molar-refractivity contribution in [2.24, 2.45) is 0 Å². The molecule has 2 aromatic heterocycles. The fourth-order valence-corrected chi connectivity index (χ4v) is 4.16. The summed E-state index contributed by atoms with van der Waals surface area (Å²) in [6.45, 7) is 0.836. The molecule has 3 heterocycles. The summed E-state index contributed by atoms with van der Waals surface area (Å²) in [7, 11) is 1.67. The molecule has 0 radical (unpaired) electrons. The highest BCUT2D eigenvalue weighted by molar-refractivity contribution is 5.99. The molecule has 31 heavy (non-hydrogen) atoms. The summed E-state index contributed by atoms with van der Waals surface area (Å²) in [6.07, 6.45) is 2.99. The standard InChI is InChI=1S/C21H21F2N5O3/c1-26(21(11-29)4-5-21)19(30)13-9-24-28-7-6-27(10-17(13)28)20(31)16-8-12-15(25-16)3-2-14(22)18(12)23/h2-3,8-9,25,29H,4-7,10-11H2,1H3. The molecule has 2 N–H and O–H groups in total. The van der Waals surface area contributed by atoms with Gasteiger partial charge in [0.15, 0.2) is 11.6 Å². The van der Waals surface area contributed by atoms with Gasteiger partial charge in [-0.25, -0.2) is 8.78 Å². The van der Waals surface area contributed by atoms with Crippen LogP contribution in [0.4, 0.5) is 8.78 Å². The van der Waals surface area contributed by atoms with Gasteiger partial charge in [0, 0.05) is 24.5 Å². The molecule has 3 aromatic rings. The largest absolute Gasteiger partial charge is 0.394 e. The summed E-state index contributed by atoms with van der Waals surface area (Å²) in [6, 6.07) is 3.70. The zero-order valence-corrected chi connectivity index (χ0v) is 16.9. The van der Waals surface area contributed by atoms with Crippen LogP contribution in [0.15, 0.2) is 24.4 Å². The van der Waals surface area contributed by atoms with E-state index in [1.807, 2.05) is 0 Å². The van der Waals surface area contributed by atoms with E-state index < -0.39 is 17.2 Å².